The van der Waals surface area contributed by atoms with Crippen molar-refractivity contribution >= 4 is 34.5 Å². The molecule has 1 aromatic heterocycles. The number of aromatic nitrogens is 1. The van der Waals surface area contributed by atoms with Crippen LogP contribution in [0.1, 0.15) is 29.8 Å². The quantitative estimate of drug-likeness (QED) is 0.438. The van der Waals surface area contributed by atoms with Crippen molar-refractivity contribution in [3.05, 3.63) is 65.9 Å². The fourth-order valence-electron chi connectivity index (χ4n) is 3.23. The van der Waals surface area contributed by atoms with Gasteiger partial charge >= 0.3 is 12.0 Å². The molecule has 1 atom stereocenters. The number of para-hydroxylation sites is 1. The summed E-state index contributed by atoms with van der Waals surface area (Å²) in [6, 6.07) is 13.0. The van der Waals surface area contributed by atoms with Crippen LogP contribution in [0.2, 0.25) is 0 Å². The highest BCUT2D eigenvalue weighted by Gasteiger charge is 2.24. The molecule has 3 aromatic rings. The summed E-state index contributed by atoms with van der Waals surface area (Å²) >= 11 is 0. The summed E-state index contributed by atoms with van der Waals surface area (Å²) in [5.74, 6) is -0.935. The van der Waals surface area contributed by atoms with Gasteiger partial charge in [-0.05, 0) is 49.7 Å². The van der Waals surface area contributed by atoms with Gasteiger partial charge in [-0.15, -0.1) is 0 Å². The standard InChI is InChI=1S/C23H26N4O4/c1-14(2)25-23(30)26-17-10-8-15(9-11-17)21(28)27-20(22(29)31-3)12-16-13-24-19-7-5-4-6-18(16)19/h4-11,13-14,20,24H,12H2,1-3H3,(H,27,28)(H2,25,26,30)/t20-/m1/s1. The van der Waals surface area contributed by atoms with Gasteiger partial charge in [0.25, 0.3) is 5.91 Å². The van der Waals surface area contributed by atoms with Crippen molar-refractivity contribution < 1.29 is 19.1 Å². The molecule has 31 heavy (non-hydrogen) atoms. The molecular formula is C23H26N4O4. The van der Waals surface area contributed by atoms with Gasteiger partial charge in [0.15, 0.2) is 0 Å². The number of aromatic amines is 1. The predicted octanol–water partition coefficient (Wildman–Crippen LogP) is 3.21. The van der Waals surface area contributed by atoms with E-state index in [1.165, 1.54) is 7.11 Å². The van der Waals surface area contributed by atoms with Crippen LogP contribution in [0.3, 0.4) is 0 Å². The Morgan fingerprint density at radius 1 is 1.00 bits per heavy atom. The molecule has 0 unspecified atom stereocenters. The highest BCUT2D eigenvalue weighted by atomic mass is 16.5. The van der Waals surface area contributed by atoms with Crippen LogP contribution in [0.25, 0.3) is 10.9 Å². The Bertz CT molecular complexity index is 1070. The van der Waals surface area contributed by atoms with Crippen LogP contribution in [-0.4, -0.2) is 42.1 Å². The zero-order valence-electron chi connectivity index (χ0n) is 17.7. The number of carbonyl (C=O) groups is 3. The molecule has 0 bridgehead atoms. The smallest absolute Gasteiger partial charge is 0.328 e. The van der Waals surface area contributed by atoms with Crippen molar-refractivity contribution in [3.63, 3.8) is 0 Å². The zero-order valence-corrected chi connectivity index (χ0v) is 17.7. The number of esters is 1. The maximum atomic E-state index is 12.7. The van der Waals surface area contributed by atoms with Gasteiger partial charge in [0.1, 0.15) is 6.04 Å². The molecule has 3 amide bonds. The molecule has 0 aliphatic heterocycles. The molecule has 0 saturated heterocycles. The Hall–Kier alpha value is -3.81. The fraction of sp³-hybridized carbons (Fsp3) is 0.261. The summed E-state index contributed by atoms with van der Waals surface area (Å²) in [5.41, 5.74) is 2.78. The normalized spacial score (nSPS) is 11.7. The van der Waals surface area contributed by atoms with E-state index in [2.05, 4.69) is 20.9 Å². The van der Waals surface area contributed by atoms with E-state index in [1.54, 1.807) is 24.3 Å². The Kier molecular flexibility index (Phi) is 6.92. The molecule has 0 saturated carbocycles. The van der Waals surface area contributed by atoms with E-state index in [0.29, 0.717) is 11.3 Å². The van der Waals surface area contributed by atoms with Gasteiger partial charge in [-0.2, -0.15) is 0 Å². The van der Waals surface area contributed by atoms with E-state index < -0.39 is 17.9 Å². The number of anilines is 1. The number of hydrogen-bond acceptors (Lipinski definition) is 4. The number of ether oxygens (including phenoxy) is 1. The molecule has 4 N–H and O–H groups in total. The summed E-state index contributed by atoms with van der Waals surface area (Å²) in [6.07, 6.45) is 2.12. The van der Waals surface area contributed by atoms with Crippen LogP contribution in [0.4, 0.5) is 10.5 Å². The van der Waals surface area contributed by atoms with Crippen molar-refractivity contribution in [1.29, 1.82) is 0 Å². The molecule has 0 spiro atoms. The van der Waals surface area contributed by atoms with E-state index in [4.69, 9.17) is 4.74 Å². The third-order valence-corrected chi connectivity index (χ3v) is 4.71. The van der Waals surface area contributed by atoms with Crippen molar-refractivity contribution in [2.75, 3.05) is 12.4 Å². The molecule has 3 rings (SSSR count). The van der Waals surface area contributed by atoms with Gasteiger partial charge in [0.2, 0.25) is 0 Å². The summed E-state index contributed by atoms with van der Waals surface area (Å²) in [5, 5.41) is 9.15. The first-order chi connectivity index (χ1) is 14.9. The second-order valence-electron chi connectivity index (χ2n) is 7.44. The first-order valence-corrected chi connectivity index (χ1v) is 9.98. The third-order valence-electron chi connectivity index (χ3n) is 4.71. The Morgan fingerprint density at radius 2 is 1.71 bits per heavy atom. The lowest BCUT2D eigenvalue weighted by molar-refractivity contribution is -0.142. The predicted molar refractivity (Wildman–Crippen MR) is 119 cm³/mol. The number of rotatable bonds is 7. The topological polar surface area (TPSA) is 112 Å². The second kappa shape index (κ2) is 9.80. The molecule has 2 aromatic carbocycles. The summed E-state index contributed by atoms with van der Waals surface area (Å²) < 4.78 is 4.89. The van der Waals surface area contributed by atoms with E-state index in [0.717, 1.165) is 16.5 Å². The first-order valence-electron chi connectivity index (χ1n) is 9.98. The van der Waals surface area contributed by atoms with Crippen LogP contribution in [0.5, 0.6) is 0 Å². The maximum Gasteiger partial charge on any atom is 0.328 e. The zero-order chi connectivity index (χ0) is 22.4. The monoisotopic (exact) mass is 422 g/mol. The second-order valence-corrected chi connectivity index (χ2v) is 7.44. The number of urea groups is 1. The Morgan fingerprint density at radius 3 is 2.39 bits per heavy atom. The number of carbonyl (C=O) groups excluding carboxylic acids is 3. The molecular weight excluding hydrogens is 396 g/mol. The molecule has 8 nitrogen and oxygen atoms in total. The molecule has 0 radical (unpaired) electrons. The van der Waals surface area contributed by atoms with Gasteiger partial charge in [0, 0.05) is 40.8 Å². The SMILES string of the molecule is COC(=O)[C@@H](Cc1c[nH]c2ccccc12)NC(=O)c1ccc(NC(=O)NC(C)C)cc1. The van der Waals surface area contributed by atoms with Crippen molar-refractivity contribution in [1.82, 2.24) is 15.6 Å². The van der Waals surface area contributed by atoms with Crippen LogP contribution < -0.4 is 16.0 Å². The van der Waals surface area contributed by atoms with Crippen LogP contribution in [-0.2, 0) is 16.0 Å². The Labute approximate surface area is 180 Å². The highest BCUT2D eigenvalue weighted by molar-refractivity contribution is 5.98. The molecule has 0 aliphatic rings. The van der Waals surface area contributed by atoms with Gasteiger partial charge in [-0.3, -0.25) is 4.79 Å². The molecule has 1 heterocycles. The van der Waals surface area contributed by atoms with Gasteiger partial charge in [-0.1, -0.05) is 18.2 Å². The average molecular weight is 422 g/mol. The minimum atomic E-state index is -0.841. The van der Waals surface area contributed by atoms with Crippen LogP contribution in [0, 0.1) is 0 Å². The number of amides is 3. The van der Waals surface area contributed by atoms with E-state index in [-0.39, 0.29) is 18.5 Å². The fourth-order valence-corrected chi connectivity index (χ4v) is 3.23. The number of methoxy groups -OCH3 is 1. The summed E-state index contributed by atoms with van der Waals surface area (Å²) in [4.78, 5) is 40.0. The molecule has 162 valence electrons. The summed E-state index contributed by atoms with van der Waals surface area (Å²) in [6.45, 7) is 3.72. The first kappa shape index (κ1) is 21.9. The average Bonchev–Trinajstić information content (AvgIpc) is 3.15. The highest BCUT2D eigenvalue weighted by Crippen LogP contribution is 2.19. The minimum Gasteiger partial charge on any atom is -0.467 e. The van der Waals surface area contributed by atoms with Crippen molar-refractivity contribution in [3.8, 4) is 0 Å². The van der Waals surface area contributed by atoms with E-state index in [1.807, 2.05) is 44.3 Å². The minimum absolute atomic E-state index is 0.0115. The maximum absolute atomic E-state index is 12.7. The Balaban J connectivity index is 1.69. The van der Waals surface area contributed by atoms with Gasteiger partial charge < -0.3 is 25.7 Å². The number of nitrogens with one attached hydrogen (secondary N) is 4. The number of benzene rings is 2. The van der Waals surface area contributed by atoms with E-state index in [9.17, 15) is 14.4 Å². The number of fused-ring (bicyclic) bond motifs is 1. The molecule has 8 heteroatoms. The van der Waals surface area contributed by atoms with Crippen molar-refractivity contribution in [2.45, 2.75) is 32.4 Å². The van der Waals surface area contributed by atoms with Crippen molar-refractivity contribution in [2.24, 2.45) is 0 Å². The largest absolute Gasteiger partial charge is 0.467 e. The van der Waals surface area contributed by atoms with Crippen LogP contribution >= 0.6 is 0 Å². The number of hydrogen-bond donors (Lipinski definition) is 4. The molecule has 0 aliphatic carbocycles. The summed E-state index contributed by atoms with van der Waals surface area (Å²) in [7, 11) is 1.29. The lowest BCUT2D eigenvalue weighted by atomic mass is 10.0. The number of H-pyrrole nitrogens is 1. The van der Waals surface area contributed by atoms with E-state index >= 15 is 0 Å². The third kappa shape index (κ3) is 5.63. The lowest BCUT2D eigenvalue weighted by Gasteiger charge is -2.16. The lowest BCUT2D eigenvalue weighted by Crippen LogP contribution is -2.43. The molecule has 0 fully saturated rings. The van der Waals surface area contributed by atoms with Gasteiger partial charge in [0.05, 0.1) is 7.11 Å². The van der Waals surface area contributed by atoms with Crippen LogP contribution in [0.15, 0.2) is 54.7 Å². The van der Waals surface area contributed by atoms with Gasteiger partial charge in [-0.25, -0.2) is 9.59 Å².